The van der Waals surface area contributed by atoms with E-state index in [-0.39, 0.29) is 5.92 Å². The van der Waals surface area contributed by atoms with Crippen molar-refractivity contribution < 1.29 is 9.90 Å². The molecule has 0 aromatic carbocycles. The van der Waals surface area contributed by atoms with Gasteiger partial charge in [-0.2, -0.15) is 9.97 Å². The summed E-state index contributed by atoms with van der Waals surface area (Å²) >= 11 is 0. The molecule has 0 unspecified atom stereocenters. The van der Waals surface area contributed by atoms with Crippen LogP contribution in [0.4, 0.5) is 17.6 Å². The lowest BCUT2D eigenvalue weighted by atomic mass is 9.81. The third kappa shape index (κ3) is 2.78. The molecule has 3 saturated heterocycles. The molecule has 140 valence electrons. The van der Waals surface area contributed by atoms with Crippen molar-refractivity contribution in [2.24, 2.45) is 11.3 Å². The summed E-state index contributed by atoms with van der Waals surface area (Å²) in [7, 11) is 0. The van der Waals surface area contributed by atoms with Crippen molar-refractivity contribution in [1.82, 2.24) is 14.9 Å². The lowest BCUT2D eigenvalue weighted by Crippen LogP contribution is -2.41. The Bertz CT molecular complexity index is 720. The Morgan fingerprint density at radius 3 is 2.73 bits per heavy atom. The minimum atomic E-state index is -0.753. The summed E-state index contributed by atoms with van der Waals surface area (Å²) in [6, 6.07) is 1.76. The van der Waals surface area contributed by atoms with Crippen molar-refractivity contribution in [3.63, 3.8) is 0 Å². The van der Waals surface area contributed by atoms with Crippen LogP contribution in [0.15, 0.2) is 18.7 Å². The highest BCUT2D eigenvalue weighted by Gasteiger charge is 2.57. The van der Waals surface area contributed by atoms with Crippen LogP contribution in [0.3, 0.4) is 0 Å². The number of hydrogen-bond acceptors (Lipinski definition) is 7. The molecule has 26 heavy (non-hydrogen) atoms. The molecule has 3 aliphatic rings. The number of likely N-dealkylation sites (tertiary alicyclic amines) is 1. The van der Waals surface area contributed by atoms with Gasteiger partial charge in [0.05, 0.1) is 0 Å². The first-order valence-corrected chi connectivity index (χ1v) is 9.23. The zero-order chi connectivity index (χ0) is 18.3. The molecule has 0 radical (unpaired) electrons. The quantitative estimate of drug-likeness (QED) is 0.741. The fourth-order valence-electron chi connectivity index (χ4n) is 4.63. The minimum absolute atomic E-state index is 0.0753. The number of aliphatic carboxylic acids is 1. The van der Waals surface area contributed by atoms with E-state index >= 15 is 0 Å². The van der Waals surface area contributed by atoms with E-state index in [0.717, 1.165) is 44.8 Å². The first-order valence-electron chi connectivity index (χ1n) is 9.23. The summed E-state index contributed by atoms with van der Waals surface area (Å²) in [6.07, 6.45) is 4.11. The lowest BCUT2D eigenvalue weighted by molar-refractivity contribution is -0.148. The van der Waals surface area contributed by atoms with Crippen molar-refractivity contribution >= 4 is 23.6 Å². The predicted octanol–water partition coefficient (Wildman–Crippen LogP) is 0.668. The number of carboxylic acids is 1. The molecular weight excluding hydrogens is 332 g/mol. The van der Waals surface area contributed by atoms with Gasteiger partial charge in [-0.05, 0) is 12.8 Å². The number of anilines is 3. The summed E-state index contributed by atoms with van der Waals surface area (Å²) in [5.41, 5.74) is 5.27. The van der Waals surface area contributed by atoms with Crippen molar-refractivity contribution in [2.75, 3.05) is 61.3 Å². The summed E-state index contributed by atoms with van der Waals surface area (Å²) in [6.45, 7) is 8.84. The highest BCUT2D eigenvalue weighted by Crippen LogP contribution is 2.44. The summed E-state index contributed by atoms with van der Waals surface area (Å²) in [4.78, 5) is 27.6. The van der Waals surface area contributed by atoms with Crippen molar-refractivity contribution in [1.29, 1.82) is 0 Å². The molecule has 1 aromatic rings. The van der Waals surface area contributed by atoms with Crippen LogP contribution >= 0.6 is 0 Å². The summed E-state index contributed by atoms with van der Waals surface area (Å²) < 4.78 is 0. The fraction of sp³-hybridized carbons (Fsp3) is 0.611. The van der Waals surface area contributed by atoms with Gasteiger partial charge in [0.25, 0.3) is 0 Å². The van der Waals surface area contributed by atoms with Gasteiger partial charge in [-0.3, -0.25) is 9.69 Å². The van der Waals surface area contributed by atoms with Gasteiger partial charge in [0.2, 0.25) is 5.95 Å². The SMILES string of the molecule is C=CCN1C[C@H]2CN(c3cc(N)nc(N4CCCC4)n3)C[C@@]2(C(=O)O)C1. The van der Waals surface area contributed by atoms with Crippen LogP contribution in [-0.2, 0) is 4.79 Å². The van der Waals surface area contributed by atoms with E-state index in [1.54, 1.807) is 6.07 Å². The molecule has 4 heterocycles. The van der Waals surface area contributed by atoms with Crippen LogP contribution in [0.2, 0.25) is 0 Å². The molecule has 3 fully saturated rings. The smallest absolute Gasteiger partial charge is 0.313 e. The highest BCUT2D eigenvalue weighted by molar-refractivity contribution is 5.78. The molecule has 4 rings (SSSR count). The Balaban J connectivity index is 1.59. The number of carboxylic acid groups (broad SMARTS) is 1. The number of nitrogens with zero attached hydrogens (tertiary/aromatic N) is 5. The first-order chi connectivity index (χ1) is 12.5. The molecule has 2 atom stereocenters. The second-order valence-electron chi connectivity index (χ2n) is 7.67. The van der Waals surface area contributed by atoms with Crippen molar-refractivity contribution in [2.45, 2.75) is 12.8 Å². The molecule has 0 aliphatic carbocycles. The molecule has 0 saturated carbocycles. The van der Waals surface area contributed by atoms with E-state index < -0.39 is 11.4 Å². The molecule has 3 N–H and O–H groups in total. The van der Waals surface area contributed by atoms with Crippen LogP contribution in [0, 0.1) is 11.3 Å². The number of nitrogens with two attached hydrogens (primary N) is 1. The number of fused-ring (bicyclic) bond motifs is 1. The third-order valence-corrected chi connectivity index (χ3v) is 5.93. The monoisotopic (exact) mass is 358 g/mol. The maximum Gasteiger partial charge on any atom is 0.313 e. The largest absolute Gasteiger partial charge is 0.481 e. The number of hydrogen-bond donors (Lipinski definition) is 2. The number of nitrogen functional groups attached to an aromatic ring is 1. The zero-order valence-electron chi connectivity index (χ0n) is 15.0. The van der Waals surface area contributed by atoms with Crippen molar-refractivity contribution in [3.05, 3.63) is 18.7 Å². The Morgan fingerprint density at radius 1 is 1.31 bits per heavy atom. The van der Waals surface area contributed by atoms with Crippen LogP contribution < -0.4 is 15.5 Å². The van der Waals surface area contributed by atoms with Gasteiger partial charge in [-0.1, -0.05) is 6.08 Å². The number of rotatable bonds is 5. The average Bonchev–Trinajstić information content (AvgIpc) is 3.29. The van der Waals surface area contributed by atoms with E-state index in [9.17, 15) is 9.90 Å². The zero-order valence-corrected chi connectivity index (χ0v) is 15.0. The number of carbonyl (C=O) groups is 1. The lowest BCUT2D eigenvalue weighted by Gasteiger charge is -2.26. The summed E-state index contributed by atoms with van der Waals surface area (Å²) in [5, 5.41) is 9.96. The molecule has 1 aromatic heterocycles. The Morgan fingerprint density at radius 2 is 2.08 bits per heavy atom. The predicted molar refractivity (Wildman–Crippen MR) is 100 cm³/mol. The second-order valence-corrected chi connectivity index (χ2v) is 7.67. The normalized spacial score (nSPS) is 28.5. The second kappa shape index (κ2) is 6.42. The molecule has 0 bridgehead atoms. The van der Waals surface area contributed by atoms with Crippen LogP contribution in [-0.4, -0.2) is 71.8 Å². The summed E-state index contributed by atoms with van der Waals surface area (Å²) in [5.74, 6) is 1.19. The van der Waals surface area contributed by atoms with Gasteiger partial charge in [-0.25, -0.2) is 0 Å². The molecule has 3 aliphatic heterocycles. The Kier molecular flexibility index (Phi) is 4.22. The van der Waals surface area contributed by atoms with E-state index in [4.69, 9.17) is 10.7 Å². The average molecular weight is 358 g/mol. The van der Waals surface area contributed by atoms with Gasteiger partial charge < -0.3 is 20.6 Å². The highest BCUT2D eigenvalue weighted by atomic mass is 16.4. The van der Waals surface area contributed by atoms with E-state index in [0.29, 0.717) is 31.4 Å². The Labute approximate surface area is 153 Å². The molecule has 8 heteroatoms. The van der Waals surface area contributed by atoms with Gasteiger partial charge in [0.1, 0.15) is 17.1 Å². The van der Waals surface area contributed by atoms with Gasteiger partial charge in [-0.15, -0.1) is 6.58 Å². The maximum atomic E-state index is 12.1. The van der Waals surface area contributed by atoms with Gasteiger partial charge >= 0.3 is 5.97 Å². The standard InChI is InChI=1S/C18H26N6O2/c1-2-5-22-9-13-10-24(12-18(13,11-22)16(25)26)15-8-14(19)20-17(21-15)23-6-3-4-7-23/h2,8,13H,1,3-7,9-12H2,(H,25,26)(H2,19,20,21)/t13-,18-/m0/s1. The molecule has 0 spiro atoms. The maximum absolute atomic E-state index is 12.1. The van der Waals surface area contributed by atoms with Gasteiger partial charge in [0.15, 0.2) is 0 Å². The van der Waals surface area contributed by atoms with Gasteiger partial charge in [0, 0.05) is 57.8 Å². The fourth-order valence-corrected chi connectivity index (χ4v) is 4.63. The molecule has 8 nitrogen and oxygen atoms in total. The molecule has 0 amide bonds. The number of aromatic nitrogens is 2. The van der Waals surface area contributed by atoms with Crippen LogP contribution in [0.5, 0.6) is 0 Å². The topological polar surface area (TPSA) is 98.8 Å². The van der Waals surface area contributed by atoms with E-state index in [1.165, 1.54) is 0 Å². The van der Waals surface area contributed by atoms with E-state index in [1.807, 2.05) is 6.08 Å². The van der Waals surface area contributed by atoms with Crippen molar-refractivity contribution in [3.8, 4) is 0 Å². The Hall–Kier alpha value is -2.35. The van der Waals surface area contributed by atoms with Crippen LogP contribution in [0.1, 0.15) is 12.8 Å². The van der Waals surface area contributed by atoms with Crippen LogP contribution in [0.25, 0.3) is 0 Å². The third-order valence-electron chi connectivity index (χ3n) is 5.93. The molecular formula is C18H26N6O2. The van der Waals surface area contributed by atoms with E-state index in [2.05, 4.69) is 26.3 Å². The first kappa shape index (κ1) is 17.1. The minimum Gasteiger partial charge on any atom is -0.481 e.